The van der Waals surface area contributed by atoms with Gasteiger partial charge in [0.05, 0.1) is 6.10 Å². The second-order valence-corrected chi connectivity index (χ2v) is 10.00. The summed E-state index contributed by atoms with van der Waals surface area (Å²) in [6.45, 7) is 9.27. The molecule has 1 N–H and O–H groups in total. The van der Waals surface area contributed by atoms with Crippen molar-refractivity contribution >= 4 is 17.5 Å². The molecule has 0 saturated carbocycles. The quantitative estimate of drug-likeness (QED) is 0.595. The van der Waals surface area contributed by atoms with E-state index in [0.29, 0.717) is 23.7 Å². The number of rotatable bonds is 3. The van der Waals surface area contributed by atoms with Crippen LogP contribution in [0.2, 0.25) is 5.02 Å². The van der Waals surface area contributed by atoms with E-state index >= 15 is 0 Å². The number of carbonyl (C=O) groups is 1. The van der Waals surface area contributed by atoms with Gasteiger partial charge >= 0.3 is 0 Å². The molecular weight excluding hydrogens is 422 g/mol. The lowest BCUT2D eigenvalue weighted by atomic mass is 9.90. The Labute approximate surface area is 194 Å². The molecule has 166 valence electrons. The monoisotopic (exact) mass is 449 g/mol. The van der Waals surface area contributed by atoms with Crippen LogP contribution in [0.5, 0.6) is 0 Å². The van der Waals surface area contributed by atoms with Gasteiger partial charge < -0.3 is 10.0 Å². The van der Waals surface area contributed by atoms with Crippen LogP contribution in [0.15, 0.2) is 55.0 Å². The Kier molecular flexibility index (Phi) is 6.06. The van der Waals surface area contributed by atoms with Gasteiger partial charge in [0.1, 0.15) is 0 Å². The summed E-state index contributed by atoms with van der Waals surface area (Å²) in [5, 5.41) is 10.5. The first-order valence-electron chi connectivity index (χ1n) is 10.8. The van der Waals surface area contributed by atoms with Crippen LogP contribution in [0.25, 0.3) is 22.3 Å². The highest BCUT2D eigenvalue weighted by Gasteiger charge is 2.31. The highest BCUT2D eigenvalue weighted by Crippen LogP contribution is 2.33. The van der Waals surface area contributed by atoms with Crippen LogP contribution >= 0.6 is 11.6 Å². The number of β-amino-alcohol motifs (C(OH)–C–C–N with tert-alkyl or cyclic N) is 1. The summed E-state index contributed by atoms with van der Waals surface area (Å²) in [7, 11) is 0. The minimum Gasteiger partial charge on any atom is -0.391 e. The number of hydrogen-bond donors (Lipinski definition) is 1. The third-order valence-electron chi connectivity index (χ3n) is 5.99. The predicted molar refractivity (Wildman–Crippen MR) is 128 cm³/mol. The third kappa shape index (κ3) is 4.54. The second kappa shape index (κ2) is 8.64. The topological polar surface area (TPSA) is 66.3 Å². The lowest BCUT2D eigenvalue weighted by Crippen LogP contribution is -2.29. The van der Waals surface area contributed by atoms with Crippen molar-refractivity contribution in [3.63, 3.8) is 0 Å². The van der Waals surface area contributed by atoms with E-state index in [1.165, 1.54) is 0 Å². The Morgan fingerprint density at radius 2 is 1.81 bits per heavy atom. The number of pyridine rings is 2. The van der Waals surface area contributed by atoms with E-state index in [4.69, 9.17) is 11.6 Å². The molecule has 0 radical (unpaired) electrons. The van der Waals surface area contributed by atoms with Crippen molar-refractivity contribution in [2.45, 2.75) is 39.2 Å². The summed E-state index contributed by atoms with van der Waals surface area (Å²) < 4.78 is 0. The van der Waals surface area contributed by atoms with Crippen LogP contribution in [-0.2, 0) is 5.41 Å². The molecule has 3 aromatic rings. The molecule has 0 spiro atoms. The number of nitrogens with zero attached hydrogens (tertiary/aromatic N) is 3. The largest absolute Gasteiger partial charge is 0.391 e. The minimum absolute atomic E-state index is 0.0457. The number of amides is 1. The lowest BCUT2D eigenvalue weighted by molar-refractivity contribution is 0.0764. The van der Waals surface area contributed by atoms with Crippen LogP contribution in [0.1, 0.15) is 43.7 Å². The van der Waals surface area contributed by atoms with E-state index in [-0.39, 0.29) is 17.2 Å². The maximum Gasteiger partial charge on any atom is 0.254 e. The Bertz CT molecular complexity index is 1150. The van der Waals surface area contributed by atoms with E-state index in [1.807, 2.05) is 31.5 Å². The SMILES string of the molecule is C[C@@H]1CN(C(=O)c2ccc(-c3cncc(-c4ccnc(C(C)(C)C)c4)c3)c(Cl)c2)C[C@H]1O. The second-order valence-electron chi connectivity index (χ2n) is 9.59. The fraction of sp³-hybridized carbons (Fsp3) is 0.346. The molecule has 32 heavy (non-hydrogen) atoms. The Morgan fingerprint density at radius 3 is 2.47 bits per heavy atom. The molecular formula is C26H28ClN3O2. The number of halogens is 1. The molecule has 1 fully saturated rings. The van der Waals surface area contributed by atoms with E-state index in [2.05, 4.69) is 42.9 Å². The van der Waals surface area contributed by atoms with Gasteiger partial charge in [-0.3, -0.25) is 14.8 Å². The zero-order valence-corrected chi connectivity index (χ0v) is 19.6. The van der Waals surface area contributed by atoms with Crippen LogP contribution in [0.3, 0.4) is 0 Å². The Balaban J connectivity index is 1.62. The van der Waals surface area contributed by atoms with Crippen molar-refractivity contribution in [1.29, 1.82) is 0 Å². The number of likely N-dealkylation sites (tertiary alicyclic amines) is 1. The number of aromatic nitrogens is 2. The van der Waals surface area contributed by atoms with Gasteiger partial charge in [-0.25, -0.2) is 0 Å². The summed E-state index contributed by atoms with van der Waals surface area (Å²) in [6.07, 6.45) is 4.95. The van der Waals surface area contributed by atoms with Crippen LogP contribution in [0, 0.1) is 5.92 Å². The summed E-state index contributed by atoms with van der Waals surface area (Å²) in [4.78, 5) is 23.4. The molecule has 4 rings (SSSR count). The number of benzene rings is 1. The molecule has 1 aliphatic rings. The highest BCUT2D eigenvalue weighted by atomic mass is 35.5. The smallest absolute Gasteiger partial charge is 0.254 e. The first-order chi connectivity index (χ1) is 15.1. The maximum atomic E-state index is 12.8. The molecule has 1 saturated heterocycles. The van der Waals surface area contributed by atoms with E-state index < -0.39 is 6.10 Å². The van der Waals surface area contributed by atoms with E-state index in [0.717, 1.165) is 27.9 Å². The number of carbonyl (C=O) groups excluding carboxylic acids is 1. The Hall–Kier alpha value is -2.76. The van der Waals surface area contributed by atoms with Crippen molar-refractivity contribution in [3.8, 4) is 22.3 Å². The maximum absolute atomic E-state index is 12.8. The van der Waals surface area contributed by atoms with Gasteiger partial charge in [0.15, 0.2) is 0 Å². The van der Waals surface area contributed by atoms with Crippen LogP contribution < -0.4 is 0 Å². The average molecular weight is 450 g/mol. The van der Waals surface area contributed by atoms with Crippen LogP contribution in [-0.4, -0.2) is 45.1 Å². The minimum atomic E-state index is -0.477. The number of hydrogen-bond acceptors (Lipinski definition) is 4. The third-order valence-corrected chi connectivity index (χ3v) is 6.30. The average Bonchev–Trinajstić information content (AvgIpc) is 3.11. The zero-order valence-electron chi connectivity index (χ0n) is 18.8. The summed E-state index contributed by atoms with van der Waals surface area (Å²) >= 11 is 6.60. The normalized spacial score (nSPS) is 18.8. The van der Waals surface area contributed by atoms with Gasteiger partial charge in [-0.15, -0.1) is 0 Å². The van der Waals surface area contributed by atoms with Crippen molar-refractivity contribution in [1.82, 2.24) is 14.9 Å². The molecule has 1 aromatic carbocycles. The van der Waals surface area contributed by atoms with Gasteiger partial charge in [-0.1, -0.05) is 45.4 Å². The molecule has 0 bridgehead atoms. The molecule has 0 unspecified atom stereocenters. The summed E-state index contributed by atoms with van der Waals surface area (Å²) in [5.74, 6) is -0.0327. The van der Waals surface area contributed by atoms with E-state index in [9.17, 15) is 9.90 Å². The molecule has 2 aromatic heterocycles. The van der Waals surface area contributed by atoms with Crippen molar-refractivity contribution in [2.24, 2.45) is 5.92 Å². The lowest BCUT2D eigenvalue weighted by Gasteiger charge is -2.18. The van der Waals surface area contributed by atoms with Crippen molar-refractivity contribution < 1.29 is 9.90 Å². The van der Waals surface area contributed by atoms with E-state index in [1.54, 1.807) is 23.2 Å². The van der Waals surface area contributed by atoms with Gasteiger partial charge in [-0.2, -0.15) is 0 Å². The summed E-state index contributed by atoms with van der Waals surface area (Å²) in [6, 6.07) is 11.5. The van der Waals surface area contributed by atoms with Gasteiger partial charge in [-0.05, 0) is 35.9 Å². The standard InChI is InChI=1S/C26H28ClN3O2/c1-16-14-30(15-23(16)31)25(32)18-5-6-21(22(27)10-18)20-9-19(12-28-13-20)17-7-8-29-24(11-17)26(2,3)4/h5-13,16,23,31H,14-15H2,1-4H3/t16-,23-/m1/s1. The fourth-order valence-electron chi connectivity index (χ4n) is 3.95. The predicted octanol–water partition coefficient (Wildman–Crippen LogP) is 5.21. The molecule has 2 atom stereocenters. The molecule has 1 aliphatic heterocycles. The van der Waals surface area contributed by atoms with Crippen LogP contribution in [0.4, 0.5) is 0 Å². The molecule has 6 heteroatoms. The molecule has 3 heterocycles. The van der Waals surface area contributed by atoms with Gasteiger partial charge in [0.2, 0.25) is 0 Å². The molecule has 1 amide bonds. The number of aliphatic hydroxyl groups excluding tert-OH is 1. The van der Waals surface area contributed by atoms with Gasteiger partial charge in [0, 0.05) is 76.0 Å². The highest BCUT2D eigenvalue weighted by molar-refractivity contribution is 6.33. The fourth-order valence-corrected chi connectivity index (χ4v) is 4.24. The molecule has 5 nitrogen and oxygen atoms in total. The van der Waals surface area contributed by atoms with Gasteiger partial charge in [0.25, 0.3) is 5.91 Å². The van der Waals surface area contributed by atoms with Crippen molar-refractivity contribution in [2.75, 3.05) is 13.1 Å². The Morgan fingerprint density at radius 1 is 1.06 bits per heavy atom. The molecule has 0 aliphatic carbocycles. The summed E-state index contributed by atoms with van der Waals surface area (Å²) in [5.41, 5.74) is 5.21. The number of aliphatic hydroxyl groups is 1. The van der Waals surface area contributed by atoms with Crippen molar-refractivity contribution in [3.05, 3.63) is 71.3 Å². The first kappa shape index (κ1) is 22.4. The zero-order chi connectivity index (χ0) is 23.0. The first-order valence-corrected chi connectivity index (χ1v) is 11.2.